The van der Waals surface area contributed by atoms with Gasteiger partial charge in [0.15, 0.2) is 0 Å². The molecule has 0 aliphatic carbocycles. The van der Waals surface area contributed by atoms with Crippen LogP contribution in [-0.2, 0) is 6.42 Å². The molecule has 2 aromatic rings. The van der Waals surface area contributed by atoms with Gasteiger partial charge in [0, 0.05) is 15.5 Å². The number of rotatable bonds is 5. The molecule has 0 spiro atoms. The van der Waals surface area contributed by atoms with Crippen LogP contribution in [0.3, 0.4) is 0 Å². The number of benzene rings is 2. The van der Waals surface area contributed by atoms with Gasteiger partial charge in [-0.25, -0.2) is 0 Å². The first-order chi connectivity index (χ1) is 9.61. The Morgan fingerprint density at radius 1 is 1.10 bits per heavy atom. The molecule has 1 nitrogen and oxygen atoms in total. The molecule has 1 unspecified atom stereocenters. The highest BCUT2D eigenvalue weighted by Crippen LogP contribution is 2.29. The first kappa shape index (κ1) is 15.8. The van der Waals surface area contributed by atoms with Gasteiger partial charge in [-0.2, -0.15) is 0 Å². The molecular formula is C16H16BrCl2N. The lowest BCUT2D eigenvalue weighted by atomic mass is 9.99. The topological polar surface area (TPSA) is 12.0 Å². The van der Waals surface area contributed by atoms with Crippen LogP contribution in [0.25, 0.3) is 0 Å². The van der Waals surface area contributed by atoms with Gasteiger partial charge in [0.2, 0.25) is 0 Å². The average molecular weight is 373 g/mol. The Labute approximate surface area is 138 Å². The zero-order chi connectivity index (χ0) is 14.5. The fourth-order valence-corrected chi connectivity index (χ4v) is 2.82. The molecule has 2 rings (SSSR count). The summed E-state index contributed by atoms with van der Waals surface area (Å²) in [7, 11) is 0. The van der Waals surface area contributed by atoms with Gasteiger partial charge >= 0.3 is 0 Å². The van der Waals surface area contributed by atoms with Crippen LogP contribution in [0.4, 0.5) is 0 Å². The van der Waals surface area contributed by atoms with E-state index in [0.29, 0.717) is 0 Å². The predicted molar refractivity (Wildman–Crippen MR) is 90.7 cm³/mol. The fourth-order valence-electron chi connectivity index (χ4n) is 2.17. The minimum atomic E-state index is 0.200. The molecule has 0 saturated carbocycles. The zero-order valence-corrected chi connectivity index (χ0v) is 14.3. The highest BCUT2D eigenvalue weighted by molar-refractivity contribution is 9.10. The van der Waals surface area contributed by atoms with Crippen molar-refractivity contribution in [1.29, 1.82) is 0 Å². The summed E-state index contributed by atoms with van der Waals surface area (Å²) >= 11 is 15.9. The first-order valence-corrected chi connectivity index (χ1v) is 8.08. The van der Waals surface area contributed by atoms with Crippen molar-refractivity contribution in [3.05, 3.63) is 68.1 Å². The average Bonchev–Trinajstić information content (AvgIpc) is 2.44. The molecule has 0 aliphatic heterocycles. The van der Waals surface area contributed by atoms with Crippen molar-refractivity contribution in [2.75, 3.05) is 6.54 Å². The second-order valence-corrected chi connectivity index (χ2v) is 6.25. The van der Waals surface area contributed by atoms with Gasteiger partial charge in [0.1, 0.15) is 0 Å². The first-order valence-electron chi connectivity index (χ1n) is 6.53. The summed E-state index contributed by atoms with van der Waals surface area (Å²) in [5, 5.41) is 5.02. The number of likely N-dealkylation sites (N-methyl/N-ethyl adjacent to an activating group) is 1. The largest absolute Gasteiger partial charge is 0.310 e. The van der Waals surface area contributed by atoms with Gasteiger partial charge in [-0.05, 0) is 58.2 Å². The summed E-state index contributed by atoms with van der Waals surface area (Å²) in [4.78, 5) is 0. The van der Waals surface area contributed by atoms with Crippen molar-refractivity contribution in [1.82, 2.24) is 5.32 Å². The van der Waals surface area contributed by atoms with Crippen LogP contribution in [0.1, 0.15) is 24.1 Å². The Bertz CT molecular complexity index is 586. The molecule has 1 atom stereocenters. The summed E-state index contributed by atoms with van der Waals surface area (Å²) < 4.78 is 0.913. The third-order valence-corrected chi connectivity index (χ3v) is 4.78. The molecule has 0 radical (unpaired) electrons. The van der Waals surface area contributed by atoms with Crippen LogP contribution >= 0.6 is 39.1 Å². The van der Waals surface area contributed by atoms with E-state index in [0.717, 1.165) is 33.0 Å². The van der Waals surface area contributed by atoms with E-state index in [1.807, 2.05) is 30.3 Å². The molecule has 0 fully saturated rings. The van der Waals surface area contributed by atoms with Crippen LogP contribution < -0.4 is 5.32 Å². The van der Waals surface area contributed by atoms with Crippen LogP contribution in [0.15, 0.2) is 46.9 Å². The Morgan fingerprint density at radius 2 is 1.85 bits per heavy atom. The molecule has 2 aromatic carbocycles. The van der Waals surface area contributed by atoms with E-state index in [9.17, 15) is 0 Å². The summed E-state index contributed by atoms with van der Waals surface area (Å²) in [6.07, 6.45) is 0.839. The summed E-state index contributed by atoms with van der Waals surface area (Å²) in [6, 6.07) is 14.2. The molecule has 0 aromatic heterocycles. The van der Waals surface area contributed by atoms with Gasteiger partial charge in [0.25, 0.3) is 0 Å². The minimum Gasteiger partial charge on any atom is -0.310 e. The van der Waals surface area contributed by atoms with Crippen LogP contribution in [-0.4, -0.2) is 6.54 Å². The Hall–Kier alpha value is -0.540. The van der Waals surface area contributed by atoms with Gasteiger partial charge in [-0.1, -0.05) is 54.4 Å². The van der Waals surface area contributed by atoms with E-state index < -0.39 is 0 Å². The molecule has 1 N–H and O–H groups in total. The maximum Gasteiger partial charge on any atom is 0.0551 e. The second kappa shape index (κ2) is 7.46. The van der Waals surface area contributed by atoms with Gasteiger partial charge in [-0.3, -0.25) is 0 Å². The smallest absolute Gasteiger partial charge is 0.0551 e. The van der Waals surface area contributed by atoms with Crippen LogP contribution in [0.5, 0.6) is 0 Å². The lowest BCUT2D eigenvalue weighted by Gasteiger charge is -2.19. The van der Waals surface area contributed by atoms with Gasteiger partial charge < -0.3 is 5.32 Å². The highest BCUT2D eigenvalue weighted by Gasteiger charge is 2.14. The maximum absolute atomic E-state index is 6.25. The lowest BCUT2D eigenvalue weighted by Crippen LogP contribution is -2.23. The molecule has 4 heteroatoms. The van der Waals surface area contributed by atoms with Crippen molar-refractivity contribution in [3.63, 3.8) is 0 Å². The number of halogens is 3. The van der Waals surface area contributed by atoms with E-state index in [2.05, 4.69) is 40.3 Å². The third-order valence-electron chi connectivity index (χ3n) is 3.18. The molecule has 0 saturated heterocycles. The quantitative estimate of drug-likeness (QED) is 0.714. The van der Waals surface area contributed by atoms with E-state index in [-0.39, 0.29) is 6.04 Å². The third kappa shape index (κ3) is 3.98. The van der Waals surface area contributed by atoms with Crippen molar-refractivity contribution >= 4 is 39.1 Å². The van der Waals surface area contributed by atoms with Crippen molar-refractivity contribution in [2.45, 2.75) is 19.4 Å². The summed E-state index contributed by atoms with van der Waals surface area (Å²) in [6.45, 7) is 2.99. The lowest BCUT2D eigenvalue weighted by molar-refractivity contribution is 0.550. The molecule has 106 valence electrons. The highest BCUT2D eigenvalue weighted by atomic mass is 79.9. The monoisotopic (exact) mass is 371 g/mol. The fraction of sp³-hybridized carbons (Fsp3) is 0.250. The van der Waals surface area contributed by atoms with Gasteiger partial charge in [0.05, 0.1) is 5.02 Å². The van der Waals surface area contributed by atoms with Crippen LogP contribution in [0.2, 0.25) is 10.0 Å². The number of hydrogen-bond acceptors (Lipinski definition) is 1. The van der Waals surface area contributed by atoms with Crippen molar-refractivity contribution < 1.29 is 0 Å². The molecule has 0 heterocycles. The molecule has 0 amide bonds. The standard InChI is InChI=1S/C16H16BrCl2N/c1-2-20-16(10-11-5-3-4-6-14(11)18)12-7-8-13(17)15(19)9-12/h3-9,16,20H,2,10H2,1H3. The SMILES string of the molecule is CCNC(Cc1ccccc1Cl)c1ccc(Br)c(Cl)c1. The van der Waals surface area contributed by atoms with E-state index >= 15 is 0 Å². The summed E-state index contributed by atoms with van der Waals surface area (Å²) in [5.41, 5.74) is 2.30. The van der Waals surface area contributed by atoms with E-state index in [1.54, 1.807) is 0 Å². The van der Waals surface area contributed by atoms with Crippen LogP contribution in [0, 0.1) is 0 Å². The molecular weight excluding hydrogens is 357 g/mol. The zero-order valence-electron chi connectivity index (χ0n) is 11.2. The number of nitrogens with one attached hydrogen (secondary N) is 1. The predicted octanol–water partition coefficient (Wildman–Crippen LogP) is 5.65. The van der Waals surface area contributed by atoms with Crippen molar-refractivity contribution in [3.8, 4) is 0 Å². The molecule has 0 aliphatic rings. The Kier molecular flexibility index (Phi) is 5.91. The Balaban J connectivity index is 2.27. The molecule has 20 heavy (non-hydrogen) atoms. The Morgan fingerprint density at radius 3 is 2.50 bits per heavy atom. The normalized spacial score (nSPS) is 12.4. The second-order valence-electron chi connectivity index (χ2n) is 4.58. The van der Waals surface area contributed by atoms with Crippen molar-refractivity contribution in [2.24, 2.45) is 0 Å². The maximum atomic E-state index is 6.25. The van der Waals surface area contributed by atoms with E-state index in [4.69, 9.17) is 23.2 Å². The number of hydrogen-bond donors (Lipinski definition) is 1. The molecule has 0 bridgehead atoms. The minimum absolute atomic E-state index is 0.200. The van der Waals surface area contributed by atoms with E-state index in [1.165, 1.54) is 5.56 Å². The van der Waals surface area contributed by atoms with Gasteiger partial charge in [-0.15, -0.1) is 0 Å². The summed E-state index contributed by atoms with van der Waals surface area (Å²) in [5.74, 6) is 0.